The number of nitrogens with one attached hydrogen (secondary N) is 2. The molecular formula is C12H15N3OS. The summed E-state index contributed by atoms with van der Waals surface area (Å²) in [7, 11) is 0. The molecule has 0 aliphatic carbocycles. The molecule has 1 amide bonds. The van der Waals surface area contributed by atoms with E-state index in [-0.39, 0.29) is 5.91 Å². The minimum Gasteiger partial charge on any atom is -0.326 e. The number of anilines is 1. The number of amides is 1. The van der Waals surface area contributed by atoms with Gasteiger partial charge in [0.25, 0.3) is 0 Å². The van der Waals surface area contributed by atoms with Crippen LogP contribution in [0.25, 0.3) is 10.2 Å². The Bertz CT molecular complexity index is 509. The van der Waals surface area contributed by atoms with Gasteiger partial charge in [-0.3, -0.25) is 4.79 Å². The molecule has 0 bridgehead atoms. The molecule has 1 aromatic carbocycles. The van der Waals surface area contributed by atoms with Gasteiger partial charge in [0.1, 0.15) is 0 Å². The van der Waals surface area contributed by atoms with Crippen molar-refractivity contribution in [1.29, 1.82) is 0 Å². The summed E-state index contributed by atoms with van der Waals surface area (Å²) in [4.78, 5) is 15.8. The third-order valence-corrected chi connectivity index (χ3v) is 3.19. The highest BCUT2D eigenvalue weighted by atomic mass is 32.1. The highest BCUT2D eigenvalue weighted by molar-refractivity contribution is 7.16. The van der Waals surface area contributed by atoms with Crippen LogP contribution in [0.15, 0.2) is 23.7 Å². The van der Waals surface area contributed by atoms with Crippen LogP contribution in [0.5, 0.6) is 0 Å². The molecule has 0 aliphatic rings. The number of thiazole rings is 1. The molecule has 0 radical (unpaired) electrons. The van der Waals surface area contributed by atoms with E-state index in [4.69, 9.17) is 0 Å². The standard InChI is InChI=1S/C12H15N3OS/c1-2-13-6-5-12(16)15-9-3-4-10-11(7-9)17-8-14-10/h3-4,7-8,13H,2,5-6H2,1H3,(H,15,16). The van der Waals surface area contributed by atoms with E-state index in [0.717, 1.165) is 22.4 Å². The molecule has 0 spiro atoms. The Labute approximate surface area is 104 Å². The van der Waals surface area contributed by atoms with Gasteiger partial charge in [-0.25, -0.2) is 4.98 Å². The fourth-order valence-electron chi connectivity index (χ4n) is 1.54. The topological polar surface area (TPSA) is 54.0 Å². The summed E-state index contributed by atoms with van der Waals surface area (Å²) >= 11 is 1.58. The smallest absolute Gasteiger partial charge is 0.225 e. The van der Waals surface area contributed by atoms with Crippen LogP contribution in [0.4, 0.5) is 5.69 Å². The number of carbonyl (C=O) groups excluding carboxylic acids is 1. The highest BCUT2D eigenvalue weighted by Crippen LogP contribution is 2.21. The van der Waals surface area contributed by atoms with Crippen LogP contribution in [0, 0.1) is 0 Å². The first-order chi connectivity index (χ1) is 8.29. The maximum absolute atomic E-state index is 11.6. The Morgan fingerprint density at radius 2 is 2.35 bits per heavy atom. The second kappa shape index (κ2) is 5.75. The van der Waals surface area contributed by atoms with Crippen molar-refractivity contribution in [1.82, 2.24) is 10.3 Å². The maximum atomic E-state index is 11.6. The third kappa shape index (κ3) is 3.25. The lowest BCUT2D eigenvalue weighted by Gasteiger charge is -2.05. The van der Waals surface area contributed by atoms with Crippen LogP contribution in [-0.4, -0.2) is 24.0 Å². The monoisotopic (exact) mass is 249 g/mol. The van der Waals surface area contributed by atoms with Crippen molar-refractivity contribution in [3.8, 4) is 0 Å². The van der Waals surface area contributed by atoms with Gasteiger partial charge in [0.15, 0.2) is 0 Å². The molecule has 0 aliphatic heterocycles. The van der Waals surface area contributed by atoms with Gasteiger partial charge in [-0.1, -0.05) is 6.92 Å². The Morgan fingerprint density at radius 1 is 1.47 bits per heavy atom. The molecule has 90 valence electrons. The summed E-state index contributed by atoms with van der Waals surface area (Å²) in [6.45, 7) is 3.63. The molecule has 4 nitrogen and oxygen atoms in total. The van der Waals surface area contributed by atoms with Gasteiger partial charge < -0.3 is 10.6 Å². The van der Waals surface area contributed by atoms with Crippen molar-refractivity contribution >= 4 is 33.1 Å². The zero-order chi connectivity index (χ0) is 12.1. The quantitative estimate of drug-likeness (QED) is 0.799. The molecule has 2 rings (SSSR count). The second-order valence-electron chi connectivity index (χ2n) is 3.69. The first-order valence-corrected chi connectivity index (χ1v) is 6.51. The molecular weight excluding hydrogens is 234 g/mol. The lowest BCUT2D eigenvalue weighted by Crippen LogP contribution is -2.21. The lowest BCUT2D eigenvalue weighted by molar-refractivity contribution is -0.116. The van der Waals surface area contributed by atoms with Crippen molar-refractivity contribution in [2.45, 2.75) is 13.3 Å². The van der Waals surface area contributed by atoms with Crippen LogP contribution >= 0.6 is 11.3 Å². The van der Waals surface area contributed by atoms with Crippen molar-refractivity contribution in [3.05, 3.63) is 23.7 Å². The van der Waals surface area contributed by atoms with Crippen LogP contribution in [0.2, 0.25) is 0 Å². The first-order valence-electron chi connectivity index (χ1n) is 5.63. The SMILES string of the molecule is CCNCCC(=O)Nc1ccc2ncsc2c1. The number of fused-ring (bicyclic) bond motifs is 1. The lowest BCUT2D eigenvalue weighted by atomic mass is 10.3. The van der Waals surface area contributed by atoms with Crippen LogP contribution in [0.3, 0.4) is 0 Å². The van der Waals surface area contributed by atoms with Gasteiger partial charge in [-0.05, 0) is 24.7 Å². The van der Waals surface area contributed by atoms with Gasteiger partial charge >= 0.3 is 0 Å². The minimum atomic E-state index is 0.0369. The number of rotatable bonds is 5. The molecule has 1 heterocycles. The van der Waals surface area contributed by atoms with E-state index < -0.39 is 0 Å². The summed E-state index contributed by atoms with van der Waals surface area (Å²) in [5, 5.41) is 6.00. The summed E-state index contributed by atoms with van der Waals surface area (Å²) in [5.41, 5.74) is 3.62. The third-order valence-electron chi connectivity index (χ3n) is 2.39. The zero-order valence-electron chi connectivity index (χ0n) is 9.69. The van der Waals surface area contributed by atoms with Gasteiger partial charge in [0.05, 0.1) is 15.7 Å². The zero-order valence-corrected chi connectivity index (χ0v) is 10.5. The Morgan fingerprint density at radius 3 is 3.18 bits per heavy atom. The molecule has 0 fully saturated rings. The number of carbonyl (C=O) groups is 1. The van der Waals surface area contributed by atoms with Crippen molar-refractivity contribution in [3.63, 3.8) is 0 Å². The van der Waals surface area contributed by atoms with Gasteiger partial charge in [0, 0.05) is 18.7 Å². The molecule has 0 atom stereocenters. The fourth-order valence-corrected chi connectivity index (χ4v) is 2.25. The predicted molar refractivity (Wildman–Crippen MR) is 71.4 cm³/mol. The van der Waals surface area contributed by atoms with Gasteiger partial charge in [-0.2, -0.15) is 0 Å². The second-order valence-corrected chi connectivity index (χ2v) is 4.57. The van der Waals surface area contributed by atoms with E-state index in [1.807, 2.05) is 25.1 Å². The normalized spacial score (nSPS) is 10.6. The molecule has 2 aromatic rings. The van der Waals surface area contributed by atoms with E-state index in [1.54, 1.807) is 16.8 Å². The van der Waals surface area contributed by atoms with Crippen molar-refractivity contribution < 1.29 is 4.79 Å². The molecule has 0 saturated carbocycles. The average molecular weight is 249 g/mol. The molecule has 2 N–H and O–H groups in total. The highest BCUT2D eigenvalue weighted by Gasteiger charge is 2.03. The van der Waals surface area contributed by atoms with Crippen molar-refractivity contribution in [2.75, 3.05) is 18.4 Å². The predicted octanol–water partition coefficient (Wildman–Crippen LogP) is 2.23. The summed E-state index contributed by atoms with van der Waals surface area (Å²) < 4.78 is 1.09. The summed E-state index contributed by atoms with van der Waals surface area (Å²) in [6.07, 6.45) is 0.495. The Hall–Kier alpha value is -1.46. The molecule has 1 aromatic heterocycles. The number of aromatic nitrogens is 1. The summed E-state index contributed by atoms with van der Waals surface area (Å²) in [5.74, 6) is 0.0369. The molecule has 17 heavy (non-hydrogen) atoms. The van der Waals surface area contributed by atoms with Crippen LogP contribution in [0.1, 0.15) is 13.3 Å². The van der Waals surface area contributed by atoms with Gasteiger partial charge in [-0.15, -0.1) is 11.3 Å². The minimum absolute atomic E-state index is 0.0369. The largest absolute Gasteiger partial charge is 0.326 e. The average Bonchev–Trinajstić information content (AvgIpc) is 2.76. The number of nitrogens with zero attached hydrogens (tertiary/aromatic N) is 1. The fraction of sp³-hybridized carbons (Fsp3) is 0.333. The first kappa shape index (κ1) is 12.0. The van der Waals surface area contributed by atoms with E-state index in [0.29, 0.717) is 13.0 Å². The summed E-state index contributed by atoms with van der Waals surface area (Å²) in [6, 6.07) is 5.76. The van der Waals surface area contributed by atoms with Gasteiger partial charge in [0.2, 0.25) is 5.91 Å². The van der Waals surface area contributed by atoms with E-state index >= 15 is 0 Å². The molecule has 5 heteroatoms. The van der Waals surface area contributed by atoms with Crippen molar-refractivity contribution in [2.24, 2.45) is 0 Å². The van der Waals surface area contributed by atoms with Crippen LogP contribution < -0.4 is 10.6 Å². The molecule has 0 unspecified atom stereocenters. The van der Waals surface area contributed by atoms with E-state index in [2.05, 4.69) is 15.6 Å². The Balaban J connectivity index is 1.95. The molecule has 0 saturated heterocycles. The number of hydrogen-bond donors (Lipinski definition) is 2. The van der Waals surface area contributed by atoms with E-state index in [1.165, 1.54) is 0 Å². The van der Waals surface area contributed by atoms with E-state index in [9.17, 15) is 4.79 Å². The number of hydrogen-bond acceptors (Lipinski definition) is 4. The van der Waals surface area contributed by atoms with Crippen LogP contribution in [-0.2, 0) is 4.79 Å². The number of benzene rings is 1. The maximum Gasteiger partial charge on any atom is 0.225 e. The Kier molecular flexibility index (Phi) is 4.06.